The second kappa shape index (κ2) is 6.88. The minimum atomic E-state index is -0.0986. The molecule has 23 heavy (non-hydrogen) atoms. The number of aryl methyl sites for hydroxylation is 1. The number of pyridine rings is 1. The number of carbonyl (C=O) groups is 1. The lowest BCUT2D eigenvalue weighted by molar-refractivity contribution is 0.0950. The Balaban J connectivity index is 1.74. The van der Waals surface area contributed by atoms with Gasteiger partial charge in [0.05, 0.1) is 17.0 Å². The van der Waals surface area contributed by atoms with Gasteiger partial charge in [-0.05, 0) is 24.6 Å². The van der Waals surface area contributed by atoms with Crippen LogP contribution in [0.3, 0.4) is 0 Å². The Hall–Kier alpha value is -2.94. The molecule has 3 aromatic rings. The molecule has 3 rings (SSSR count). The van der Waals surface area contributed by atoms with Gasteiger partial charge in [-0.25, -0.2) is 0 Å². The predicted octanol–water partition coefficient (Wildman–Crippen LogP) is 3.99. The third kappa shape index (κ3) is 3.64. The van der Waals surface area contributed by atoms with Gasteiger partial charge in [-0.2, -0.15) is 0 Å². The van der Waals surface area contributed by atoms with Crippen molar-refractivity contribution in [2.45, 2.75) is 13.5 Å². The average Bonchev–Trinajstić information content (AvgIpc) is 2.61. The maximum atomic E-state index is 12.3. The van der Waals surface area contributed by atoms with E-state index < -0.39 is 0 Å². The zero-order valence-corrected chi connectivity index (χ0v) is 13.0. The minimum absolute atomic E-state index is 0.0986. The summed E-state index contributed by atoms with van der Waals surface area (Å²) in [6.07, 6.45) is 0. The molecule has 0 radical (unpaired) electrons. The molecule has 0 atom stereocenters. The van der Waals surface area contributed by atoms with Crippen LogP contribution in [0.15, 0.2) is 72.8 Å². The summed E-state index contributed by atoms with van der Waals surface area (Å²) >= 11 is 0. The maximum Gasteiger partial charge on any atom is 0.253 e. The fourth-order valence-electron chi connectivity index (χ4n) is 2.44. The Kier molecular flexibility index (Phi) is 4.48. The van der Waals surface area contributed by atoms with Crippen molar-refractivity contribution < 1.29 is 4.79 Å². The fourth-order valence-corrected chi connectivity index (χ4v) is 2.44. The Bertz CT molecular complexity index is 798. The molecular weight excluding hydrogens is 284 g/mol. The lowest BCUT2D eigenvalue weighted by Gasteiger charge is -2.09. The van der Waals surface area contributed by atoms with Crippen LogP contribution in [0, 0.1) is 6.92 Å². The van der Waals surface area contributed by atoms with Gasteiger partial charge in [-0.1, -0.05) is 60.7 Å². The molecule has 0 aliphatic heterocycles. The number of nitrogens with one attached hydrogen (secondary N) is 1. The molecule has 0 aliphatic rings. The molecule has 0 unspecified atom stereocenters. The highest BCUT2D eigenvalue weighted by Crippen LogP contribution is 2.18. The molecule has 1 amide bonds. The largest absolute Gasteiger partial charge is 0.348 e. The van der Waals surface area contributed by atoms with E-state index in [4.69, 9.17) is 0 Å². The smallest absolute Gasteiger partial charge is 0.253 e. The summed E-state index contributed by atoms with van der Waals surface area (Å²) in [5.41, 5.74) is 4.35. The van der Waals surface area contributed by atoms with Crippen molar-refractivity contribution in [3.8, 4) is 11.3 Å². The van der Waals surface area contributed by atoms with Gasteiger partial charge in [-0.3, -0.25) is 9.78 Å². The van der Waals surface area contributed by atoms with E-state index in [1.54, 1.807) is 0 Å². The SMILES string of the molecule is Cc1nc(-c2ccccc2)ccc1C(=O)NCc1ccccc1. The summed E-state index contributed by atoms with van der Waals surface area (Å²) in [4.78, 5) is 16.9. The van der Waals surface area contributed by atoms with Gasteiger partial charge >= 0.3 is 0 Å². The van der Waals surface area contributed by atoms with Gasteiger partial charge in [0.1, 0.15) is 0 Å². The molecule has 3 heteroatoms. The van der Waals surface area contributed by atoms with Crippen LogP contribution in [0.1, 0.15) is 21.6 Å². The van der Waals surface area contributed by atoms with Crippen LogP contribution in [-0.2, 0) is 6.54 Å². The van der Waals surface area contributed by atoms with Gasteiger partial charge in [0.15, 0.2) is 0 Å². The fraction of sp³-hybridized carbons (Fsp3) is 0.100. The van der Waals surface area contributed by atoms with E-state index in [1.165, 1.54) is 0 Å². The molecule has 0 saturated heterocycles. The van der Waals surface area contributed by atoms with Crippen molar-refractivity contribution >= 4 is 5.91 Å². The van der Waals surface area contributed by atoms with E-state index in [0.717, 1.165) is 22.5 Å². The van der Waals surface area contributed by atoms with Crippen molar-refractivity contribution in [1.29, 1.82) is 0 Å². The first kappa shape index (κ1) is 15.0. The Labute approximate surface area is 136 Å². The average molecular weight is 302 g/mol. The number of amides is 1. The molecule has 3 nitrogen and oxygen atoms in total. The summed E-state index contributed by atoms with van der Waals surface area (Å²) in [5.74, 6) is -0.0986. The van der Waals surface area contributed by atoms with E-state index >= 15 is 0 Å². The molecule has 1 aromatic heterocycles. The molecule has 0 aliphatic carbocycles. The van der Waals surface area contributed by atoms with Crippen LogP contribution in [-0.4, -0.2) is 10.9 Å². The van der Waals surface area contributed by atoms with Gasteiger partial charge in [0.25, 0.3) is 5.91 Å². The van der Waals surface area contributed by atoms with E-state index in [0.29, 0.717) is 12.1 Å². The second-order valence-corrected chi connectivity index (χ2v) is 5.36. The Morgan fingerprint density at radius 3 is 2.22 bits per heavy atom. The zero-order valence-electron chi connectivity index (χ0n) is 13.0. The normalized spacial score (nSPS) is 10.3. The van der Waals surface area contributed by atoms with Gasteiger partial charge < -0.3 is 5.32 Å². The first-order valence-electron chi connectivity index (χ1n) is 7.59. The highest BCUT2D eigenvalue weighted by molar-refractivity contribution is 5.95. The van der Waals surface area contributed by atoms with Crippen molar-refractivity contribution in [2.24, 2.45) is 0 Å². The van der Waals surface area contributed by atoms with E-state index in [2.05, 4.69) is 10.3 Å². The second-order valence-electron chi connectivity index (χ2n) is 5.36. The standard InChI is InChI=1S/C20H18N2O/c1-15-18(20(23)21-14-16-8-4-2-5-9-16)12-13-19(22-15)17-10-6-3-7-11-17/h2-13H,14H2,1H3,(H,21,23). The third-order valence-corrected chi connectivity index (χ3v) is 3.70. The van der Waals surface area contributed by atoms with Crippen LogP contribution in [0.5, 0.6) is 0 Å². The first-order valence-corrected chi connectivity index (χ1v) is 7.59. The highest BCUT2D eigenvalue weighted by Gasteiger charge is 2.11. The van der Waals surface area contributed by atoms with Gasteiger partial charge in [0, 0.05) is 12.1 Å². The number of hydrogen-bond acceptors (Lipinski definition) is 2. The molecule has 0 fully saturated rings. The molecule has 2 aromatic carbocycles. The van der Waals surface area contributed by atoms with Crippen molar-refractivity contribution in [1.82, 2.24) is 10.3 Å². The minimum Gasteiger partial charge on any atom is -0.348 e. The molecule has 1 heterocycles. The summed E-state index contributed by atoms with van der Waals surface area (Å²) in [7, 11) is 0. The molecular formula is C20H18N2O. The van der Waals surface area contributed by atoms with Gasteiger partial charge in [0.2, 0.25) is 0 Å². The van der Waals surface area contributed by atoms with E-state index in [-0.39, 0.29) is 5.91 Å². The van der Waals surface area contributed by atoms with Crippen molar-refractivity contribution in [3.63, 3.8) is 0 Å². The van der Waals surface area contributed by atoms with Crippen LogP contribution >= 0.6 is 0 Å². The Morgan fingerprint density at radius 1 is 0.913 bits per heavy atom. The zero-order chi connectivity index (χ0) is 16.1. The number of aromatic nitrogens is 1. The van der Waals surface area contributed by atoms with Crippen LogP contribution in [0.2, 0.25) is 0 Å². The lowest BCUT2D eigenvalue weighted by Crippen LogP contribution is -2.23. The maximum absolute atomic E-state index is 12.3. The van der Waals surface area contributed by atoms with Gasteiger partial charge in [-0.15, -0.1) is 0 Å². The molecule has 114 valence electrons. The van der Waals surface area contributed by atoms with E-state index in [9.17, 15) is 4.79 Å². The van der Waals surface area contributed by atoms with Crippen LogP contribution in [0.25, 0.3) is 11.3 Å². The first-order chi connectivity index (χ1) is 11.2. The monoisotopic (exact) mass is 302 g/mol. The number of hydrogen-bond donors (Lipinski definition) is 1. The third-order valence-electron chi connectivity index (χ3n) is 3.70. The summed E-state index contributed by atoms with van der Waals surface area (Å²) in [6, 6.07) is 23.5. The molecule has 1 N–H and O–H groups in total. The highest BCUT2D eigenvalue weighted by atomic mass is 16.1. The number of nitrogens with zero attached hydrogens (tertiary/aromatic N) is 1. The summed E-state index contributed by atoms with van der Waals surface area (Å²) < 4.78 is 0. The van der Waals surface area contributed by atoms with E-state index in [1.807, 2.05) is 79.7 Å². The van der Waals surface area contributed by atoms with Crippen molar-refractivity contribution in [3.05, 3.63) is 89.6 Å². The van der Waals surface area contributed by atoms with Crippen LogP contribution < -0.4 is 5.32 Å². The molecule has 0 bridgehead atoms. The topological polar surface area (TPSA) is 42.0 Å². The van der Waals surface area contributed by atoms with Crippen LogP contribution in [0.4, 0.5) is 0 Å². The summed E-state index contributed by atoms with van der Waals surface area (Å²) in [5, 5.41) is 2.94. The Morgan fingerprint density at radius 2 is 1.57 bits per heavy atom. The molecule has 0 saturated carbocycles. The number of benzene rings is 2. The number of carbonyl (C=O) groups excluding carboxylic acids is 1. The van der Waals surface area contributed by atoms with Crippen molar-refractivity contribution in [2.75, 3.05) is 0 Å². The quantitative estimate of drug-likeness (QED) is 0.792. The molecule has 0 spiro atoms. The lowest BCUT2D eigenvalue weighted by atomic mass is 10.1. The number of rotatable bonds is 4. The summed E-state index contributed by atoms with van der Waals surface area (Å²) in [6.45, 7) is 2.38. The predicted molar refractivity (Wildman–Crippen MR) is 92.0 cm³/mol.